The zero-order chi connectivity index (χ0) is 16.3. The van der Waals surface area contributed by atoms with Gasteiger partial charge in [-0.15, -0.1) is 0 Å². The number of nitrogens with one attached hydrogen (secondary N) is 2. The van der Waals surface area contributed by atoms with Crippen LogP contribution in [0.15, 0.2) is 0 Å². The number of primary amides is 1. The van der Waals surface area contributed by atoms with E-state index in [4.69, 9.17) is 21.1 Å². The molecule has 2 unspecified atom stereocenters. The van der Waals surface area contributed by atoms with Gasteiger partial charge in [0.15, 0.2) is 0 Å². The lowest BCUT2D eigenvalue weighted by atomic mass is 10.2. The molecule has 20 heavy (non-hydrogen) atoms. The van der Waals surface area contributed by atoms with Gasteiger partial charge in [0.2, 0.25) is 5.91 Å². The van der Waals surface area contributed by atoms with Gasteiger partial charge in [-0.25, -0.2) is 0 Å². The van der Waals surface area contributed by atoms with Gasteiger partial charge in [-0.1, -0.05) is 0 Å². The highest BCUT2D eigenvalue weighted by Gasteiger charge is 2.17. The van der Waals surface area contributed by atoms with Crippen molar-refractivity contribution < 1.29 is 34.5 Å². The second-order valence-electron chi connectivity index (χ2n) is 3.63. The van der Waals surface area contributed by atoms with E-state index < -0.39 is 42.3 Å². The molecule has 0 radical (unpaired) electrons. The van der Waals surface area contributed by atoms with Gasteiger partial charge in [-0.2, -0.15) is 0 Å². The lowest BCUT2D eigenvalue weighted by Crippen LogP contribution is -2.37. The minimum Gasteiger partial charge on any atom is -0.481 e. The standard InChI is InChI=1S/C5H10N2O3.C5H9NO4/c1-7-3(5(9)10)2-4(6)8;1-6-3(5(9)10)2-4(7)8/h3,7H,2H2,1H3,(H2,6,8)(H,9,10);3,6H,2H2,1H3,(H,7,8)(H,9,10). The summed E-state index contributed by atoms with van der Waals surface area (Å²) in [7, 11) is 2.86. The van der Waals surface area contributed by atoms with E-state index in [9.17, 15) is 19.2 Å². The molecule has 0 saturated carbocycles. The van der Waals surface area contributed by atoms with Crippen LogP contribution in [-0.2, 0) is 19.2 Å². The normalized spacial score (nSPS) is 12.5. The number of aliphatic carboxylic acids is 3. The van der Waals surface area contributed by atoms with Crippen LogP contribution < -0.4 is 16.4 Å². The maximum absolute atomic E-state index is 10.2. The van der Waals surface area contributed by atoms with E-state index in [1.54, 1.807) is 0 Å². The highest BCUT2D eigenvalue weighted by atomic mass is 16.4. The highest BCUT2D eigenvalue weighted by molar-refractivity contribution is 5.83. The smallest absolute Gasteiger partial charge is 0.321 e. The number of carboxylic acids is 3. The van der Waals surface area contributed by atoms with Gasteiger partial charge in [-0.3, -0.25) is 19.2 Å². The zero-order valence-electron chi connectivity index (χ0n) is 11.1. The Morgan fingerprint density at radius 3 is 1.35 bits per heavy atom. The average molecular weight is 293 g/mol. The molecule has 2 atom stereocenters. The van der Waals surface area contributed by atoms with Crippen molar-refractivity contribution in [3.8, 4) is 0 Å². The van der Waals surface area contributed by atoms with Crippen LogP contribution in [0.5, 0.6) is 0 Å². The number of nitrogens with two attached hydrogens (primary N) is 1. The van der Waals surface area contributed by atoms with E-state index in [0.717, 1.165) is 0 Å². The molecule has 0 aliphatic heterocycles. The Labute approximate surface area is 114 Å². The number of hydrogen-bond acceptors (Lipinski definition) is 6. The molecule has 0 fully saturated rings. The minimum atomic E-state index is -1.15. The number of carbonyl (C=O) groups is 4. The van der Waals surface area contributed by atoms with E-state index in [1.807, 2.05) is 0 Å². The molecule has 0 spiro atoms. The first-order valence-corrected chi connectivity index (χ1v) is 5.45. The molecule has 0 aliphatic rings. The van der Waals surface area contributed by atoms with E-state index in [0.29, 0.717) is 0 Å². The summed E-state index contributed by atoms with van der Waals surface area (Å²) in [6.45, 7) is 0. The quantitative estimate of drug-likeness (QED) is 0.286. The van der Waals surface area contributed by atoms with Crippen LogP contribution in [0.25, 0.3) is 0 Å². The van der Waals surface area contributed by atoms with Crippen LogP contribution in [0.1, 0.15) is 12.8 Å². The fraction of sp³-hybridized carbons (Fsp3) is 0.600. The second-order valence-corrected chi connectivity index (χ2v) is 3.63. The second kappa shape index (κ2) is 10.7. The maximum Gasteiger partial charge on any atom is 0.321 e. The fourth-order valence-electron chi connectivity index (χ4n) is 1.00. The fourth-order valence-corrected chi connectivity index (χ4v) is 1.00. The topological polar surface area (TPSA) is 179 Å². The molecular formula is C10H19N3O7. The van der Waals surface area contributed by atoms with Crippen molar-refractivity contribution in [1.29, 1.82) is 0 Å². The summed E-state index contributed by atoms with van der Waals surface area (Å²) in [6.07, 6.45) is -0.572. The zero-order valence-corrected chi connectivity index (χ0v) is 11.1. The first-order valence-electron chi connectivity index (χ1n) is 5.45. The Balaban J connectivity index is 0. The van der Waals surface area contributed by atoms with Gasteiger partial charge in [0.25, 0.3) is 0 Å². The van der Waals surface area contributed by atoms with Gasteiger partial charge < -0.3 is 31.7 Å². The van der Waals surface area contributed by atoms with Crippen molar-refractivity contribution in [2.45, 2.75) is 24.9 Å². The Morgan fingerprint density at radius 1 is 0.900 bits per heavy atom. The average Bonchev–Trinajstić information content (AvgIpc) is 2.32. The third kappa shape index (κ3) is 10.9. The van der Waals surface area contributed by atoms with Crippen molar-refractivity contribution >= 4 is 23.8 Å². The molecule has 116 valence electrons. The van der Waals surface area contributed by atoms with Crippen molar-refractivity contribution in [2.24, 2.45) is 5.73 Å². The first kappa shape index (κ1) is 20.1. The molecule has 7 N–H and O–H groups in total. The van der Waals surface area contributed by atoms with Gasteiger partial charge in [0.05, 0.1) is 12.8 Å². The monoisotopic (exact) mass is 293 g/mol. The summed E-state index contributed by atoms with van der Waals surface area (Å²) >= 11 is 0. The number of likely N-dealkylation sites (N-methyl/N-ethyl adjacent to an activating group) is 2. The summed E-state index contributed by atoms with van der Waals surface area (Å²) in [5.74, 6) is -3.96. The van der Waals surface area contributed by atoms with Crippen LogP contribution in [-0.4, -0.2) is 65.3 Å². The van der Waals surface area contributed by atoms with Crippen LogP contribution in [0.2, 0.25) is 0 Å². The SMILES string of the molecule is CNC(CC(=O)O)C(=O)O.CNC(CC(N)=O)C(=O)O. The van der Waals surface area contributed by atoms with Gasteiger partial charge >= 0.3 is 17.9 Å². The number of amides is 1. The van der Waals surface area contributed by atoms with E-state index >= 15 is 0 Å². The van der Waals surface area contributed by atoms with Crippen molar-refractivity contribution in [3.05, 3.63) is 0 Å². The van der Waals surface area contributed by atoms with Crippen LogP contribution >= 0.6 is 0 Å². The Kier molecular flexibility index (Phi) is 10.8. The van der Waals surface area contributed by atoms with Crippen LogP contribution in [0.3, 0.4) is 0 Å². The van der Waals surface area contributed by atoms with E-state index in [1.165, 1.54) is 14.1 Å². The molecule has 0 aromatic carbocycles. The predicted octanol–water partition coefficient (Wildman–Crippen LogP) is -2.33. The lowest BCUT2D eigenvalue weighted by molar-refractivity contribution is -0.145. The molecule has 0 aromatic rings. The molecule has 0 aliphatic carbocycles. The maximum atomic E-state index is 10.2. The van der Waals surface area contributed by atoms with Crippen LogP contribution in [0.4, 0.5) is 0 Å². The van der Waals surface area contributed by atoms with E-state index in [-0.39, 0.29) is 6.42 Å². The first-order chi connectivity index (χ1) is 9.15. The summed E-state index contributed by atoms with van der Waals surface area (Å²) in [5, 5.41) is 29.6. The predicted molar refractivity (Wildman–Crippen MR) is 67.0 cm³/mol. The minimum absolute atomic E-state index is 0.175. The molecule has 0 bridgehead atoms. The van der Waals surface area contributed by atoms with E-state index in [2.05, 4.69) is 10.6 Å². The third-order valence-electron chi connectivity index (χ3n) is 2.08. The van der Waals surface area contributed by atoms with Gasteiger partial charge in [-0.05, 0) is 14.1 Å². The summed E-state index contributed by atoms with van der Waals surface area (Å²) in [4.78, 5) is 40.5. The molecule has 0 rings (SSSR count). The molecule has 0 saturated heterocycles. The number of hydrogen-bond donors (Lipinski definition) is 6. The Morgan fingerprint density at radius 2 is 1.25 bits per heavy atom. The van der Waals surface area contributed by atoms with Crippen molar-refractivity contribution in [2.75, 3.05) is 14.1 Å². The highest BCUT2D eigenvalue weighted by Crippen LogP contribution is 1.90. The molecule has 0 aromatic heterocycles. The summed E-state index contributed by atoms with van der Waals surface area (Å²) in [6, 6.07) is -1.85. The van der Waals surface area contributed by atoms with Crippen molar-refractivity contribution in [1.82, 2.24) is 10.6 Å². The molecule has 1 amide bonds. The third-order valence-corrected chi connectivity index (χ3v) is 2.08. The number of carbonyl (C=O) groups excluding carboxylic acids is 1. The van der Waals surface area contributed by atoms with Gasteiger partial charge in [0, 0.05) is 0 Å². The van der Waals surface area contributed by atoms with Crippen molar-refractivity contribution in [3.63, 3.8) is 0 Å². The lowest BCUT2D eigenvalue weighted by Gasteiger charge is -2.06. The molecular weight excluding hydrogens is 274 g/mol. The summed E-state index contributed by atoms with van der Waals surface area (Å²) in [5.41, 5.74) is 4.76. The summed E-state index contributed by atoms with van der Waals surface area (Å²) < 4.78 is 0. The number of carboxylic acid groups (broad SMARTS) is 3. The number of rotatable bonds is 8. The van der Waals surface area contributed by atoms with Crippen LogP contribution in [0, 0.1) is 0 Å². The Hall–Kier alpha value is -2.20. The molecule has 10 nitrogen and oxygen atoms in total. The molecule has 10 heteroatoms. The largest absolute Gasteiger partial charge is 0.481 e. The Bertz CT molecular complexity index is 325. The molecule has 0 heterocycles. The van der Waals surface area contributed by atoms with Gasteiger partial charge in [0.1, 0.15) is 12.1 Å².